The van der Waals surface area contributed by atoms with Gasteiger partial charge in [0.2, 0.25) is 0 Å². The van der Waals surface area contributed by atoms with Crippen LogP contribution in [0.3, 0.4) is 0 Å². The summed E-state index contributed by atoms with van der Waals surface area (Å²) in [4.78, 5) is 0. The third-order valence-corrected chi connectivity index (χ3v) is 9.75. The van der Waals surface area contributed by atoms with Gasteiger partial charge in [-0.1, -0.05) is 0 Å². The maximum absolute atomic E-state index is 5.95. The molecule has 0 aromatic rings. The summed E-state index contributed by atoms with van der Waals surface area (Å²) in [6, 6.07) is 0. The zero-order valence-corrected chi connectivity index (χ0v) is 14.4. The summed E-state index contributed by atoms with van der Waals surface area (Å²) in [5.41, 5.74) is 0. The van der Waals surface area contributed by atoms with Crippen LogP contribution in [-0.4, -0.2) is 39.2 Å². The standard InChI is InChI=1S/C14H30GeO2/c1-12(2)7-6-8-13(15(3,4)5)14-11-16-9-10-17-14/h12-14H,6-11H2,1-5H3. The zero-order valence-electron chi connectivity index (χ0n) is 12.3. The van der Waals surface area contributed by atoms with E-state index in [0.717, 1.165) is 30.5 Å². The number of ether oxygens (including phenoxy) is 2. The number of rotatable bonds is 6. The van der Waals surface area contributed by atoms with Gasteiger partial charge in [-0.05, 0) is 0 Å². The van der Waals surface area contributed by atoms with Gasteiger partial charge < -0.3 is 0 Å². The first-order valence-electron chi connectivity index (χ1n) is 7.10. The summed E-state index contributed by atoms with van der Waals surface area (Å²) in [5.74, 6) is 8.36. The molecule has 1 saturated heterocycles. The third kappa shape index (κ3) is 5.75. The van der Waals surface area contributed by atoms with Crippen LogP contribution in [0.15, 0.2) is 0 Å². The molecular weight excluding hydrogens is 273 g/mol. The van der Waals surface area contributed by atoms with Gasteiger partial charge in [-0.15, -0.1) is 0 Å². The quantitative estimate of drug-likeness (QED) is 0.692. The molecule has 2 nitrogen and oxygen atoms in total. The van der Waals surface area contributed by atoms with Crippen molar-refractivity contribution < 1.29 is 9.47 Å². The van der Waals surface area contributed by atoms with E-state index in [1.807, 2.05) is 0 Å². The van der Waals surface area contributed by atoms with E-state index < -0.39 is 13.3 Å². The fraction of sp³-hybridized carbons (Fsp3) is 1.00. The normalized spacial score (nSPS) is 24.0. The van der Waals surface area contributed by atoms with E-state index in [-0.39, 0.29) is 0 Å². The van der Waals surface area contributed by atoms with Gasteiger partial charge in [0.05, 0.1) is 0 Å². The Bertz CT molecular complexity index is 205. The van der Waals surface area contributed by atoms with Crippen molar-refractivity contribution in [3.05, 3.63) is 0 Å². The van der Waals surface area contributed by atoms with E-state index in [1.165, 1.54) is 19.3 Å². The Balaban J connectivity index is 2.48. The van der Waals surface area contributed by atoms with Crippen LogP contribution in [0.5, 0.6) is 0 Å². The second-order valence-electron chi connectivity index (χ2n) is 6.78. The summed E-state index contributed by atoms with van der Waals surface area (Å²) in [5, 5.41) is 0. The van der Waals surface area contributed by atoms with Crippen molar-refractivity contribution in [2.75, 3.05) is 19.8 Å². The van der Waals surface area contributed by atoms with Gasteiger partial charge >= 0.3 is 110 Å². The molecule has 102 valence electrons. The molecule has 0 N–H and O–H groups in total. The monoisotopic (exact) mass is 304 g/mol. The molecule has 2 atom stereocenters. The molecule has 0 aliphatic carbocycles. The van der Waals surface area contributed by atoms with Gasteiger partial charge in [0, 0.05) is 0 Å². The fourth-order valence-corrected chi connectivity index (χ4v) is 7.65. The SMILES string of the molecule is CC(C)CCC[CH](C1COCCO1)[Ge]([CH3])([CH3])[CH3]. The molecule has 17 heavy (non-hydrogen) atoms. The first kappa shape index (κ1) is 15.5. The van der Waals surface area contributed by atoms with Crippen molar-refractivity contribution in [3.8, 4) is 0 Å². The predicted molar refractivity (Wildman–Crippen MR) is 76.3 cm³/mol. The number of hydrogen-bond acceptors (Lipinski definition) is 2. The second-order valence-corrected chi connectivity index (χ2v) is 18.3. The van der Waals surface area contributed by atoms with Crippen LogP contribution >= 0.6 is 0 Å². The minimum atomic E-state index is -1.66. The molecule has 0 spiro atoms. The zero-order chi connectivity index (χ0) is 12.9. The van der Waals surface area contributed by atoms with E-state index >= 15 is 0 Å². The van der Waals surface area contributed by atoms with Gasteiger partial charge in [-0.3, -0.25) is 0 Å². The third-order valence-electron chi connectivity index (χ3n) is 3.70. The van der Waals surface area contributed by atoms with Gasteiger partial charge in [0.1, 0.15) is 0 Å². The molecule has 0 radical (unpaired) electrons. The number of hydrogen-bond donors (Lipinski definition) is 0. The van der Waals surface area contributed by atoms with Crippen molar-refractivity contribution in [1.82, 2.24) is 0 Å². The molecule has 0 aromatic carbocycles. The molecule has 3 heteroatoms. The van der Waals surface area contributed by atoms with Crippen molar-refractivity contribution in [2.45, 2.75) is 61.2 Å². The molecule has 0 bridgehead atoms. The molecule has 1 aliphatic rings. The topological polar surface area (TPSA) is 18.5 Å². The molecule has 1 heterocycles. The Morgan fingerprint density at radius 1 is 1.12 bits per heavy atom. The molecular formula is C14H30GeO2. The van der Waals surface area contributed by atoms with Crippen LogP contribution in [0, 0.1) is 5.92 Å². The Labute approximate surface area is 110 Å². The predicted octanol–water partition coefficient (Wildman–Crippen LogP) is 3.94. The van der Waals surface area contributed by atoms with E-state index in [1.54, 1.807) is 0 Å². The van der Waals surface area contributed by atoms with Crippen LogP contribution < -0.4 is 0 Å². The van der Waals surface area contributed by atoms with Gasteiger partial charge in [0.15, 0.2) is 0 Å². The Hall–Kier alpha value is 0.463. The van der Waals surface area contributed by atoms with Crippen LogP contribution in [0.2, 0.25) is 22.0 Å². The molecule has 0 aromatic heterocycles. The van der Waals surface area contributed by atoms with Crippen LogP contribution in [-0.2, 0) is 9.47 Å². The molecule has 2 unspecified atom stereocenters. The van der Waals surface area contributed by atoms with Crippen molar-refractivity contribution in [2.24, 2.45) is 5.92 Å². The molecule has 0 saturated carbocycles. The summed E-state index contributed by atoms with van der Waals surface area (Å²) in [6.45, 7) is 7.03. The Kier molecular flexibility index (Phi) is 6.53. The molecule has 1 rings (SSSR count). The van der Waals surface area contributed by atoms with Crippen molar-refractivity contribution in [1.29, 1.82) is 0 Å². The average Bonchev–Trinajstić information content (AvgIpc) is 2.23. The van der Waals surface area contributed by atoms with Crippen molar-refractivity contribution in [3.63, 3.8) is 0 Å². The molecule has 1 fully saturated rings. The van der Waals surface area contributed by atoms with Crippen LogP contribution in [0.1, 0.15) is 33.1 Å². The van der Waals surface area contributed by atoms with E-state index in [2.05, 4.69) is 31.1 Å². The molecule has 1 aliphatic heterocycles. The van der Waals surface area contributed by atoms with E-state index in [0.29, 0.717) is 6.10 Å². The van der Waals surface area contributed by atoms with E-state index in [9.17, 15) is 0 Å². The van der Waals surface area contributed by atoms with Crippen molar-refractivity contribution >= 4 is 13.3 Å². The van der Waals surface area contributed by atoms with Gasteiger partial charge in [-0.2, -0.15) is 0 Å². The fourth-order valence-electron chi connectivity index (χ4n) is 2.66. The summed E-state index contributed by atoms with van der Waals surface area (Å²) in [7, 11) is 0. The summed E-state index contributed by atoms with van der Waals surface area (Å²) in [6.07, 6.45) is 4.43. The van der Waals surface area contributed by atoms with Crippen LogP contribution in [0.4, 0.5) is 0 Å². The summed E-state index contributed by atoms with van der Waals surface area (Å²) >= 11 is -1.66. The first-order valence-corrected chi connectivity index (χ1v) is 14.6. The first-order chi connectivity index (χ1) is 7.91. The minimum absolute atomic E-state index is 0.385. The van der Waals surface area contributed by atoms with Gasteiger partial charge in [-0.25, -0.2) is 0 Å². The molecule has 0 amide bonds. The average molecular weight is 303 g/mol. The van der Waals surface area contributed by atoms with Crippen LogP contribution in [0.25, 0.3) is 0 Å². The summed E-state index contributed by atoms with van der Waals surface area (Å²) < 4.78 is 12.3. The van der Waals surface area contributed by atoms with E-state index in [4.69, 9.17) is 9.47 Å². The maximum atomic E-state index is 5.95. The second kappa shape index (κ2) is 7.15. The van der Waals surface area contributed by atoms with Gasteiger partial charge in [0.25, 0.3) is 0 Å². The Morgan fingerprint density at radius 2 is 1.82 bits per heavy atom. The Morgan fingerprint density at radius 3 is 2.29 bits per heavy atom.